The lowest BCUT2D eigenvalue weighted by atomic mass is 10.0. The molecule has 28 heavy (non-hydrogen) atoms. The number of amides is 1. The first-order valence-corrected chi connectivity index (χ1v) is 10.2. The summed E-state index contributed by atoms with van der Waals surface area (Å²) in [5, 5.41) is 6.50. The summed E-state index contributed by atoms with van der Waals surface area (Å²) in [6.45, 7) is 6.45. The summed E-state index contributed by atoms with van der Waals surface area (Å²) < 4.78 is 0. The van der Waals surface area contributed by atoms with Gasteiger partial charge in [-0.3, -0.25) is 15.1 Å². The summed E-state index contributed by atoms with van der Waals surface area (Å²) in [6, 6.07) is 11.9. The first-order valence-electron chi connectivity index (χ1n) is 9.01. The third kappa shape index (κ3) is 5.21. The smallest absolute Gasteiger partial charge is 0.258 e. The molecule has 0 aliphatic rings. The van der Waals surface area contributed by atoms with Gasteiger partial charge in [-0.25, -0.2) is 4.98 Å². The number of rotatable bonds is 5. The number of thiazole rings is 1. The minimum Gasteiger partial charge on any atom is -0.308 e. The predicted molar refractivity (Wildman–Crippen MR) is 119 cm³/mol. The second-order valence-electron chi connectivity index (χ2n) is 6.87. The fourth-order valence-electron chi connectivity index (χ4n) is 2.79. The quantitative estimate of drug-likeness (QED) is 0.589. The van der Waals surface area contributed by atoms with Gasteiger partial charge in [0.1, 0.15) is 0 Å². The molecule has 0 bridgehead atoms. The number of nitrogens with zero attached hydrogens (tertiary/aromatic N) is 2. The summed E-state index contributed by atoms with van der Waals surface area (Å²) in [5.74, 6) is 0.324. The molecular formula is C21H22N4OS2. The monoisotopic (exact) mass is 410 g/mol. The van der Waals surface area contributed by atoms with Crippen LogP contribution in [0.3, 0.4) is 0 Å². The maximum absolute atomic E-state index is 12.2. The van der Waals surface area contributed by atoms with Gasteiger partial charge < -0.3 is 5.32 Å². The van der Waals surface area contributed by atoms with Gasteiger partial charge in [-0.05, 0) is 49.2 Å². The van der Waals surface area contributed by atoms with Crippen LogP contribution in [-0.2, 0) is 6.42 Å². The van der Waals surface area contributed by atoms with Crippen molar-refractivity contribution in [1.29, 1.82) is 0 Å². The third-order valence-electron chi connectivity index (χ3n) is 4.04. The largest absolute Gasteiger partial charge is 0.308 e. The van der Waals surface area contributed by atoms with Crippen LogP contribution in [0, 0.1) is 12.8 Å². The van der Waals surface area contributed by atoms with E-state index < -0.39 is 0 Å². The highest BCUT2D eigenvalue weighted by Gasteiger charge is 2.13. The van der Waals surface area contributed by atoms with E-state index in [1.54, 1.807) is 18.3 Å². The van der Waals surface area contributed by atoms with Crippen LogP contribution in [-0.4, -0.2) is 21.0 Å². The summed E-state index contributed by atoms with van der Waals surface area (Å²) in [6.07, 6.45) is 4.17. The minimum atomic E-state index is -0.306. The number of benzene rings is 1. The Labute approximate surface area is 174 Å². The Morgan fingerprint density at radius 3 is 2.61 bits per heavy atom. The highest BCUT2D eigenvalue weighted by molar-refractivity contribution is 7.80. The maximum atomic E-state index is 12.2. The molecule has 0 spiro atoms. The van der Waals surface area contributed by atoms with Crippen LogP contribution in [0.25, 0.3) is 11.3 Å². The third-order valence-corrected chi connectivity index (χ3v) is 5.13. The minimum absolute atomic E-state index is 0.210. The Morgan fingerprint density at radius 2 is 1.96 bits per heavy atom. The molecule has 3 aromatic rings. The number of hydrogen-bond acceptors (Lipinski definition) is 5. The van der Waals surface area contributed by atoms with Crippen molar-refractivity contribution < 1.29 is 4.79 Å². The molecule has 144 valence electrons. The van der Waals surface area contributed by atoms with Crippen molar-refractivity contribution in [3.05, 3.63) is 64.8 Å². The molecule has 0 aliphatic carbocycles. The van der Waals surface area contributed by atoms with Gasteiger partial charge in [0.15, 0.2) is 10.2 Å². The van der Waals surface area contributed by atoms with Crippen LogP contribution in [0.15, 0.2) is 48.8 Å². The number of aryl methyl sites for hydroxylation is 1. The molecule has 5 nitrogen and oxygen atoms in total. The van der Waals surface area contributed by atoms with Crippen molar-refractivity contribution in [2.75, 3.05) is 5.32 Å². The fraction of sp³-hybridized carbons (Fsp3) is 0.238. The van der Waals surface area contributed by atoms with E-state index >= 15 is 0 Å². The second kappa shape index (κ2) is 9.03. The van der Waals surface area contributed by atoms with E-state index in [2.05, 4.69) is 58.7 Å². The molecule has 0 saturated carbocycles. The van der Waals surface area contributed by atoms with Crippen LogP contribution in [0.4, 0.5) is 5.13 Å². The topological polar surface area (TPSA) is 66.9 Å². The molecule has 0 saturated heterocycles. The molecule has 1 amide bonds. The van der Waals surface area contributed by atoms with Crippen molar-refractivity contribution in [2.24, 2.45) is 5.92 Å². The van der Waals surface area contributed by atoms with E-state index in [9.17, 15) is 4.79 Å². The van der Waals surface area contributed by atoms with Crippen molar-refractivity contribution >= 4 is 39.7 Å². The number of thiocarbonyl (C=S) groups is 1. The van der Waals surface area contributed by atoms with Gasteiger partial charge in [0, 0.05) is 22.8 Å². The molecule has 2 heterocycles. The van der Waals surface area contributed by atoms with Crippen molar-refractivity contribution in [1.82, 2.24) is 15.3 Å². The summed E-state index contributed by atoms with van der Waals surface area (Å²) in [5.41, 5.74) is 3.76. The van der Waals surface area contributed by atoms with E-state index in [4.69, 9.17) is 12.2 Å². The lowest BCUT2D eigenvalue weighted by molar-refractivity contribution is 0.0977. The van der Waals surface area contributed by atoms with E-state index in [0.717, 1.165) is 22.6 Å². The van der Waals surface area contributed by atoms with Gasteiger partial charge in [-0.15, -0.1) is 11.3 Å². The molecule has 0 atom stereocenters. The van der Waals surface area contributed by atoms with Crippen LogP contribution in [0.1, 0.15) is 34.6 Å². The molecular weight excluding hydrogens is 388 g/mol. The fourth-order valence-corrected chi connectivity index (χ4v) is 3.88. The Bertz CT molecular complexity index is 966. The SMILES string of the molecule is Cc1sc(NC(=S)NC(=O)c2cccnc2)nc1-c1ccc(CC(C)C)cc1. The molecule has 0 radical (unpaired) electrons. The van der Waals surface area contributed by atoms with Gasteiger partial charge in [0.2, 0.25) is 0 Å². The van der Waals surface area contributed by atoms with E-state index in [-0.39, 0.29) is 11.0 Å². The van der Waals surface area contributed by atoms with Gasteiger partial charge in [-0.1, -0.05) is 38.1 Å². The van der Waals surface area contributed by atoms with Crippen LogP contribution in [0.5, 0.6) is 0 Å². The number of carbonyl (C=O) groups is 1. The summed E-state index contributed by atoms with van der Waals surface area (Å²) >= 11 is 6.74. The van der Waals surface area contributed by atoms with Gasteiger partial charge in [0.05, 0.1) is 11.3 Å². The number of hydrogen-bond donors (Lipinski definition) is 2. The molecule has 2 aromatic heterocycles. The number of anilines is 1. The van der Waals surface area contributed by atoms with Crippen LogP contribution < -0.4 is 10.6 Å². The number of aromatic nitrogens is 2. The molecule has 2 N–H and O–H groups in total. The first kappa shape index (κ1) is 20.1. The van der Waals surface area contributed by atoms with Crippen molar-refractivity contribution in [3.8, 4) is 11.3 Å². The molecule has 0 unspecified atom stereocenters. The molecule has 3 rings (SSSR count). The number of nitrogens with one attached hydrogen (secondary N) is 2. The number of carbonyl (C=O) groups excluding carboxylic acids is 1. The average Bonchev–Trinajstić information content (AvgIpc) is 3.02. The normalized spacial score (nSPS) is 10.7. The van der Waals surface area contributed by atoms with Gasteiger partial charge >= 0.3 is 0 Å². The summed E-state index contributed by atoms with van der Waals surface area (Å²) in [4.78, 5) is 21.8. The zero-order chi connectivity index (χ0) is 20.1. The molecule has 7 heteroatoms. The first-order chi connectivity index (χ1) is 13.4. The highest BCUT2D eigenvalue weighted by atomic mass is 32.1. The van der Waals surface area contributed by atoms with Gasteiger partial charge in [-0.2, -0.15) is 0 Å². The molecule has 0 aliphatic heterocycles. The zero-order valence-electron chi connectivity index (χ0n) is 16.0. The molecule has 0 fully saturated rings. The lowest BCUT2D eigenvalue weighted by Gasteiger charge is -2.07. The highest BCUT2D eigenvalue weighted by Crippen LogP contribution is 2.30. The molecule has 1 aromatic carbocycles. The zero-order valence-corrected chi connectivity index (χ0v) is 17.7. The Morgan fingerprint density at radius 1 is 1.21 bits per heavy atom. The van der Waals surface area contributed by atoms with E-state index in [1.807, 2.05) is 6.92 Å². The summed E-state index contributed by atoms with van der Waals surface area (Å²) in [7, 11) is 0. The number of pyridine rings is 1. The Kier molecular flexibility index (Phi) is 6.49. The predicted octanol–water partition coefficient (Wildman–Crippen LogP) is 4.84. The Hall–Kier alpha value is -2.64. The standard InChI is InChI=1S/C21H22N4OS2/c1-13(2)11-15-6-8-16(9-7-15)18-14(3)28-21(23-18)25-20(27)24-19(26)17-5-4-10-22-12-17/h4-10,12-13H,11H2,1-3H3,(H2,23,24,25,26,27). The average molecular weight is 411 g/mol. The lowest BCUT2D eigenvalue weighted by Crippen LogP contribution is -2.34. The van der Waals surface area contributed by atoms with Crippen molar-refractivity contribution in [2.45, 2.75) is 27.2 Å². The van der Waals surface area contributed by atoms with Gasteiger partial charge in [0.25, 0.3) is 5.91 Å². The maximum Gasteiger partial charge on any atom is 0.258 e. The second-order valence-corrected chi connectivity index (χ2v) is 8.48. The van der Waals surface area contributed by atoms with Crippen LogP contribution >= 0.6 is 23.6 Å². The van der Waals surface area contributed by atoms with Crippen LogP contribution in [0.2, 0.25) is 0 Å². The van der Waals surface area contributed by atoms with Crippen molar-refractivity contribution in [3.63, 3.8) is 0 Å². The van der Waals surface area contributed by atoms with E-state index in [0.29, 0.717) is 16.6 Å². The Balaban J connectivity index is 1.66. The van der Waals surface area contributed by atoms with E-state index in [1.165, 1.54) is 23.1 Å².